The van der Waals surface area contributed by atoms with E-state index < -0.39 is 5.91 Å². The lowest BCUT2D eigenvalue weighted by Crippen LogP contribution is -2.34. The summed E-state index contributed by atoms with van der Waals surface area (Å²) in [7, 11) is 3.85. The molecule has 0 heterocycles. The van der Waals surface area contributed by atoms with Crippen LogP contribution < -0.4 is 16.0 Å². The maximum absolute atomic E-state index is 11.6. The van der Waals surface area contributed by atoms with Crippen LogP contribution in [0.3, 0.4) is 0 Å². The van der Waals surface area contributed by atoms with Crippen LogP contribution in [0.4, 0.5) is 16.2 Å². The predicted octanol–water partition coefficient (Wildman–Crippen LogP) is 0.440. The van der Waals surface area contributed by atoms with Crippen molar-refractivity contribution >= 4 is 17.4 Å². The number of hydrogen-bond donors (Lipinski definition) is 5. The van der Waals surface area contributed by atoms with E-state index in [-0.39, 0.29) is 6.03 Å². The summed E-state index contributed by atoms with van der Waals surface area (Å²) in [6.45, 7) is 2.51. The Morgan fingerprint density at radius 1 is 1.30 bits per heavy atom. The molecule has 0 atom stereocenters. The number of urea groups is 1. The molecule has 0 aromatic heterocycles. The first-order valence-corrected chi connectivity index (χ1v) is 6.29. The number of nitrogens with zero attached hydrogens (tertiary/aromatic N) is 1. The number of nitrogens with one attached hydrogen (secondary N) is 3. The van der Waals surface area contributed by atoms with Gasteiger partial charge in [0.05, 0.1) is 0 Å². The fourth-order valence-electron chi connectivity index (χ4n) is 1.52. The molecule has 0 radical (unpaired) electrons. The summed E-state index contributed by atoms with van der Waals surface area (Å²) in [4.78, 5) is 13.6. The van der Waals surface area contributed by atoms with E-state index in [1.807, 2.05) is 19.0 Å². The van der Waals surface area contributed by atoms with Crippen LogP contribution in [0.1, 0.15) is 6.92 Å². The molecule has 2 amide bonds. The molecule has 0 aliphatic rings. The number of rotatable bonds is 6. The maximum Gasteiger partial charge on any atom is 0.319 e. The first-order valence-electron chi connectivity index (χ1n) is 6.29. The molecule has 1 aromatic rings. The van der Waals surface area contributed by atoms with E-state index in [1.54, 1.807) is 24.3 Å². The second-order valence-electron chi connectivity index (χ2n) is 4.91. The number of carbonyl (C=O) groups excluding carboxylic acids is 1. The van der Waals surface area contributed by atoms with E-state index in [1.165, 1.54) is 6.92 Å². The molecule has 7 nitrogen and oxygen atoms in total. The van der Waals surface area contributed by atoms with E-state index in [0.717, 1.165) is 6.54 Å². The Bertz CT molecular complexity index is 443. The molecule has 1 rings (SSSR count). The van der Waals surface area contributed by atoms with Crippen LogP contribution in [0.15, 0.2) is 24.3 Å². The van der Waals surface area contributed by atoms with Gasteiger partial charge < -0.3 is 31.1 Å². The molecule has 5 N–H and O–H groups in total. The Labute approximate surface area is 118 Å². The molecule has 0 saturated carbocycles. The third-order valence-corrected chi connectivity index (χ3v) is 2.35. The van der Waals surface area contributed by atoms with Crippen molar-refractivity contribution in [1.29, 1.82) is 0 Å². The third-order valence-electron chi connectivity index (χ3n) is 2.35. The average Bonchev–Trinajstić information content (AvgIpc) is 2.26. The Balaban J connectivity index is 2.51. The molecule has 0 saturated heterocycles. The van der Waals surface area contributed by atoms with Crippen molar-refractivity contribution in [3.05, 3.63) is 24.3 Å². The molecule has 0 aliphatic carbocycles. The second-order valence-corrected chi connectivity index (χ2v) is 4.91. The SMILES string of the molecule is CN(C)CCNC(=O)Nc1cccc(NC(C)(O)O)c1. The Kier molecular flexibility index (Phi) is 5.75. The largest absolute Gasteiger partial charge is 0.349 e. The van der Waals surface area contributed by atoms with Crippen LogP contribution in [-0.2, 0) is 0 Å². The lowest BCUT2D eigenvalue weighted by molar-refractivity contribution is -0.118. The smallest absolute Gasteiger partial charge is 0.319 e. The first kappa shape index (κ1) is 16.2. The van der Waals surface area contributed by atoms with Crippen LogP contribution in [0.2, 0.25) is 0 Å². The zero-order valence-electron chi connectivity index (χ0n) is 12.0. The lowest BCUT2D eigenvalue weighted by Gasteiger charge is -2.19. The van der Waals surface area contributed by atoms with Gasteiger partial charge in [0.15, 0.2) is 0 Å². The fraction of sp³-hybridized carbons (Fsp3) is 0.462. The first-order chi connectivity index (χ1) is 9.26. The third kappa shape index (κ3) is 6.93. The van der Waals surface area contributed by atoms with Gasteiger partial charge in [0.25, 0.3) is 0 Å². The van der Waals surface area contributed by atoms with Crippen molar-refractivity contribution in [2.75, 3.05) is 37.8 Å². The Hall–Kier alpha value is -1.83. The number of anilines is 2. The maximum atomic E-state index is 11.6. The van der Waals surface area contributed by atoms with Crippen LogP contribution in [0.5, 0.6) is 0 Å². The quantitative estimate of drug-likeness (QED) is 0.488. The summed E-state index contributed by atoms with van der Waals surface area (Å²) in [5.74, 6) is -2.01. The van der Waals surface area contributed by atoms with Gasteiger partial charge in [-0.3, -0.25) is 0 Å². The fourth-order valence-corrected chi connectivity index (χ4v) is 1.52. The van der Waals surface area contributed by atoms with Gasteiger partial charge in [-0.15, -0.1) is 0 Å². The number of likely N-dealkylation sites (N-methyl/N-ethyl adjacent to an activating group) is 1. The van der Waals surface area contributed by atoms with Gasteiger partial charge in [0.2, 0.25) is 5.91 Å². The minimum absolute atomic E-state index is 0.306. The van der Waals surface area contributed by atoms with E-state index >= 15 is 0 Å². The van der Waals surface area contributed by atoms with Gasteiger partial charge in [-0.2, -0.15) is 0 Å². The van der Waals surface area contributed by atoms with Crippen molar-refractivity contribution in [1.82, 2.24) is 10.2 Å². The summed E-state index contributed by atoms with van der Waals surface area (Å²) in [6, 6.07) is 6.38. The minimum Gasteiger partial charge on any atom is -0.349 e. The lowest BCUT2D eigenvalue weighted by atomic mass is 10.2. The molecule has 7 heteroatoms. The highest BCUT2D eigenvalue weighted by Crippen LogP contribution is 2.17. The Morgan fingerprint density at radius 3 is 2.55 bits per heavy atom. The molecule has 0 aliphatic heterocycles. The van der Waals surface area contributed by atoms with E-state index in [4.69, 9.17) is 0 Å². The van der Waals surface area contributed by atoms with Crippen molar-refractivity contribution in [2.45, 2.75) is 12.8 Å². The van der Waals surface area contributed by atoms with Gasteiger partial charge in [-0.05, 0) is 32.3 Å². The number of amides is 2. The van der Waals surface area contributed by atoms with Crippen LogP contribution in [0, 0.1) is 0 Å². The standard InChI is InChI=1S/C13H22N4O3/c1-13(19,20)16-11-6-4-5-10(9-11)15-12(18)14-7-8-17(2)3/h4-6,9,16,19-20H,7-8H2,1-3H3,(H2,14,15,18). The number of benzene rings is 1. The Morgan fingerprint density at radius 2 is 1.95 bits per heavy atom. The highest BCUT2D eigenvalue weighted by atomic mass is 16.5. The zero-order chi connectivity index (χ0) is 15.2. The van der Waals surface area contributed by atoms with E-state index in [0.29, 0.717) is 17.9 Å². The molecule has 20 heavy (non-hydrogen) atoms. The van der Waals surface area contributed by atoms with Gasteiger partial charge in [0, 0.05) is 31.4 Å². The predicted molar refractivity (Wildman–Crippen MR) is 78.5 cm³/mol. The zero-order valence-corrected chi connectivity index (χ0v) is 12.0. The van der Waals surface area contributed by atoms with Crippen molar-refractivity contribution < 1.29 is 15.0 Å². The van der Waals surface area contributed by atoms with Gasteiger partial charge in [-0.1, -0.05) is 6.07 Å². The molecule has 112 valence electrons. The van der Waals surface area contributed by atoms with Crippen LogP contribution in [-0.4, -0.2) is 54.2 Å². The van der Waals surface area contributed by atoms with Crippen molar-refractivity contribution in [3.63, 3.8) is 0 Å². The summed E-state index contributed by atoms with van der Waals surface area (Å²) in [5, 5.41) is 26.4. The average molecular weight is 282 g/mol. The highest BCUT2D eigenvalue weighted by Gasteiger charge is 2.14. The summed E-state index contributed by atoms with van der Waals surface area (Å²) < 4.78 is 0. The van der Waals surface area contributed by atoms with Gasteiger partial charge >= 0.3 is 6.03 Å². The minimum atomic E-state index is -2.01. The molecule has 0 fully saturated rings. The molecule has 0 bridgehead atoms. The number of aliphatic hydroxyl groups is 2. The summed E-state index contributed by atoms with van der Waals surface area (Å²) in [5.41, 5.74) is 1.05. The monoisotopic (exact) mass is 282 g/mol. The second kappa shape index (κ2) is 7.09. The van der Waals surface area contributed by atoms with Crippen molar-refractivity contribution in [2.24, 2.45) is 0 Å². The summed E-state index contributed by atoms with van der Waals surface area (Å²) >= 11 is 0. The van der Waals surface area contributed by atoms with Gasteiger partial charge in [-0.25, -0.2) is 4.79 Å². The highest BCUT2D eigenvalue weighted by molar-refractivity contribution is 5.89. The van der Waals surface area contributed by atoms with Crippen LogP contribution in [0.25, 0.3) is 0 Å². The topological polar surface area (TPSA) is 96.9 Å². The van der Waals surface area contributed by atoms with Crippen molar-refractivity contribution in [3.8, 4) is 0 Å². The molecule has 0 unspecified atom stereocenters. The van der Waals surface area contributed by atoms with Crippen LogP contribution >= 0.6 is 0 Å². The summed E-state index contributed by atoms with van der Waals surface area (Å²) in [6.07, 6.45) is 0. The number of hydrogen-bond acceptors (Lipinski definition) is 5. The normalized spacial score (nSPS) is 11.3. The van der Waals surface area contributed by atoms with Gasteiger partial charge in [0.1, 0.15) is 0 Å². The molecular formula is C13H22N4O3. The van der Waals surface area contributed by atoms with E-state index in [2.05, 4.69) is 16.0 Å². The molecule has 1 aromatic carbocycles. The molecule has 0 spiro atoms. The molecular weight excluding hydrogens is 260 g/mol. The number of carbonyl (C=O) groups is 1. The van der Waals surface area contributed by atoms with E-state index in [9.17, 15) is 15.0 Å².